The molecule has 0 aliphatic carbocycles. The zero-order chi connectivity index (χ0) is 12.3. The topological polar surface area (TPSA) is 61.9 Å². The molecule has 2 fully saturated rings. The van der Waals surface area contributed by atoms with E-state index in [0.29, 0.717) is 6.54 Å². The average Bonchev–Trinajstić information content (AvgIpc) is 2.67. The molecule has 2 aliphatic heterocycles. The van der Waals surface area contributed by atoms with E-state index in [9.17, 15) is 9.59 Å². The Hall–Kier alpha value is -1.14. The summed E-state index contributed by atoms with van der Waals surface area (Å²) < 4.78 is 5.57. The monoisotopic (exact) mass is 241 g/mol. The minimum atomic E-state index is -0.268. The number of morpholine rings is 1. The minimum absolute atomic E-state index is 0.129. The molecule has 2 rings (SSSR count). The normalized spacial score (nSPS) is 26.4. The summed E-state index contributed by atoms with van der Waals surface area (Å²) in [7, 11) is 0. The molecule has 0 unspecified atom stereocenters. The maximum absolute atomic E-state index is 11.4. The van der Waals surface area contributed by atoms with Crippen LogP contribution < -0.4 is 5.32 Å². The van der Waals surface area contributed by atoms with Gasteiger partial charge < -0.3 is 10.1 Å². The maximum atomic E-state index is 11.4. The second-order valence-corrected chi connectivity index (χ2v) is 4.41. The van der Waals surface area contributed by atoms with Crippen LogP contribution in [0.15, 0.2) is 0 Å². The standard InChI is InChI=1S/C11H19N3O3/c1-2-9-8-13(5-6-17-9)3-4-14-10(15)7-12-11(14)16/h9H,2-8H2,1H3,(H,12,16)/t9-/m1/s1. The third-order valence-electron chi connectivity index (χ3n) is 3.26. The van der Waals surface area contributed by atoms with Crippen LogP contribution in [0, 0.1) is 0 Å². The molecule has 6 heteroatoms. The third-order valence-corrected chi connectivity index (χ3v) is 3.26. The van der Waals surface area contributed by atoms with E-state index in [-0.39, 0.29) is 24.6 Å². The van der Waals surface area contributed by atoms with Crippen LogP contribution in [0.3, 0.4) is 0 Å². The summed E-state index contributed by atoms with van der Waals surface area (Å²) in [4.78, 5) is 26.2. The summed E-state index contributed by atoms with van der Waals surface area (Å²) in [6.45, 7) is 5.95. The highest BCUT2D eigenvalue weighted by atomic mass is 16.5. The molecule has 2 aliphatic rings. The van der Waals surface area contributed by atoms with Crippen LogP contribution in [0.4, 0.5) is 4.79 Å². The summed E-state index contributed by atoms with van der Waals surface area (Å²) in [6.07, 6.45) is 1.28. The van der Waals surface area contributed by atoms with Crippen molar-refractivity contribution in [3.05, 3.63) is 0 Å². The van der Waals surface area contributed by atoms with Gasteiger partial charge in [-0.1, -0.05) is 6.92 Å². The predicted molar refractivity (Wildman–Crippen MR) is 61.6 cm³/mol. The van der Waals surface area contributed by atoms with E-state index >= 15 is 0 Å². The van der Waals surface area contributed by atoms with Gasteiger partial charge in [0.25, 0.3) is 0 Å². The molecular weight excluding hydrogens is 222 g/mol. The van der Waals surface area contributed by atoms with Crippen LogP contribution in [0.2, 0.25) is 0 Å². The molecule has 2 saturated heterocycles. The van der Waals surface area contributed by atoms with Crippen molar-refractivity contribution >= 4 is 11.9 Å². The molecule has 17 heavy (non-hydrogen) atoms. The van der Waals surface area contributed by atoms with E-state index in [2.05, 4.69) is 17.1 Å². The van der Waals surface area contributed by atoms with E-state index in [1.807, 2.05) is 0 Å². The summed E-state index contributed by atoms with van der Waals surface area (Å²) in [5.74, 6) is -0.129. The number of hydrogen-bond donors (Lipinski definition) is 1. The molecule has 6 nitrogen and oxygen atoms in total. The Morgan fingerprint density at radius 3 is 2.88 bits per heavy atom. The van der Waals surface area contributed by atoms with Gasteiger partial charge in [0.15, 0.2) is 0 Å². The van der Waals surface area contributed by atoms with Gasteiger partial charge in [-0.25, -0.2) is 4.79 Å². The number of carbonyl (C=O) groups excluding carboxylic acids is 2. The van der Waals surface area contributed by atoms with Gasteiger partial charge in [-0.3, -0.25) is 14.6 Å². The van der Waals surface area contributed by atoms with Crippen molar-refractivity contribution in [1.82, 2.24) is 15.1 Å². The lowest BCUT2D eigenvalue weighted by Crippen LogP contribution is -2.46. The largest absolute Gasteiger partial charge is 0.376 e. The Kier molecular flexibility index (Phi) is 3.96. The molecule has 0 aromatic rings. The van der Waals surface area contributed by atoms with Crippen molar-refractivity contribution in [1.29, 1.82) is 0 Å². The predicted octanol–water partition coefficient (Wildman–Crippen LogP) is -0.351. The van der Waals surface area contributed by atoms with E-state index in [0.717, 1.165) is 32.7 Å². The van der Waals surface area contributed by atoms with E-state index < -0.39 is 0 Å². The zero-order valence-corrected chi connectivity index (χ0v) is 10.1. The van der Waals surface area contributed by atoms with Crippen LogP contribution in [0.5, 0.6) is 0 Å². The second kappa shape index (κ2) is 5.46. The third kappa shape index (κ3) is 2.95. The molecule has 3 amide bonds. The fourth-order valence-electron chi connectivity index (χ4n) is 2.15. The summed E-state index contributed by atoms with van der Waals surface area (Å²) in [5.41, 5.74) is 0. The number of urea groups is 1. The molecule has 0 aromatic carbocycles. The molecule has 0 saturated carbocycles. The highest BCUT2D eigenvalue weighted by Gasteiger charge is 2.29. The fraction of sp³-hybridized carbons (Fsp3) is 0.818. The molecule has 0 radical (unpaired) electrons. The number of ether oxygens (including phenoxy) is 1. The minimum Gasteiger partial charge on any atom is -0.376 e. The summed E-state index contributed by atoms with van der Waals surface area (Å²) in [5, 5.41) is 2.52. The van der Waals surface area contributed by atoms with E-state index in [1.165, 1.54) is 4.90 Å². The van der Waals surface area contributed by atoms with Crippen molar-refractivity contribution in [2.75, 3.05) is 39.3 Å². The van der Waals surface area contributed by atoms with Crippen molar-refractivity contribution in [2.45, 2.75) is 19.4 Å². The molecular formula is C11H19N3O3. The molecule has 1 atom stereocenters. The van der Waals surface area contributed by atoms with Crippen molar-refractivity contribution in [2.24, 2.45) is 0 Å². The Labute approximate surface area is 101 Å². The molecule has 0 bridgehead atoms. The lowest BCUT2D eigenvalue weighted by atomic mass is 10.2. The van der Waals surface area contributed by atoms with Gasteiger partial charge in [-0.05, 0) is 6.42 Å². The number of carbonyl (C=O) groups is 2. The van der Waals surface area contributed by atoms with E-state index in [4.69, 9.17) is 4.74 Å². The van der Waals surface area contributed by atoms with Crippen molar-refractivity contribution in [3.63, 3.8) is 0 Å². The number of nitrogens with zero attached hydrogens (tertiary/aromatic N) is 2. The number of nitrogens with one attached hydrogen (secondary N) is 1. The zero-order valence-electron chi connectivity index (χ0n) is 10.1. The van der Waals surface area contributed by atoms with Gasteiger partial charge >= 0.3 is 6.03 Å². The quantitative estimate of drug-likeness (QED) is 0.683. The Bertz CT molecular complexity index is 292. The second-order valence-electron chi connectivity index (χ2n) is 4.41. The number of rotatable bonds is 4. The van der Waals surface area contributed by atoms with Gasteiger partial charge in [0.05, 0.1) is 19.3 Å². The van der Waals surface area contributed by atoms with Gasteiger partial charge in [0.1, 0.15) is 0 Å². The smallest absolute Gasteiger partial charge is 0.324 e. The van der Waals surface area contributed by atoms with Crippen LogP contribution in [-0.2, 0) is 9.53 Å². The average molecular weight is 241 g/mol. The SMILES string of the molecule is CC[C@@H]1CN(CCN2C(=O)CNC2=O)CCO1. The lowest BCUT2D eigenvalue weighted by Gasteiger charge is -2.33. The first-order chi connectivity index (χ1) is 8.20. The molecule has 96 valence electrons. The van der Waals surface area contributed by atoms with E-state index in [1.54, 1.807) is 0 Å². The molecule has 0 aromatic heterocycles. The lowest BCUT2D eigenvalue weighted by molar-refractivity contribution is -0.125. The Balaban J connectivity index is 1.77. The van der Waals surface area contributed by atoms with Gasteiger partial charge in [0, 0.05) is 26.2 Å². The molecule has 2 heterocycles. The van der Waals surface area contributed by atoms with Crippen LogP contribution in [0.1, 0.15) is 13.3 Å². The van der Waals surface area contributed by atoms with Gasteiger partial charge in [0.2, 0.25) is 5.91 Å². The van der Waals surface area contributed by atoms with Crippen molar-refractivity contribution in [3.8, 4) is 0 Å². The molecule has 0 spiro atoms. The number of hydrogen-bond acceptors (Lipinski definition) is 4. The highest BCUT2D eigenvalue weighted by molar-refractivity contribution is 6.01. The first kappa shape index (κ1) is 12.3. The first-order valence-corrected chi connectivity index (χ1v) is 6.13. The highest BCUT2D eigenvalue weighted by Crippen LogP contribution is 2.08. The van der Waals surface area contributed by atoms with Gasteiger partial charge in [-0.2, -0.15) is 0 Å². The molecule has 1 N–H and O–H groups in total. The van der Waals surface area contributed by atoms with Crippen LogP contribution in [0.25, 0.3) is 0 Å². The van der Waals surface area contributed by atoms with Crippen LogP contribution in [-0.4, -0.2) is 67.2 Å². The number of amides is 3. The number of imide groups is 1. The van der Waals surface area contributed by atoms with Gasteiger partial charge in [-0.15, -0.1) is 0 Å². The first-order valence-electron chi connectivity index (χ1n) is 6.13. The van der Waals surface area contributed by atoms with Crippen molar-refractivity contribution < 1.29 is 14.3 Å². The Morgan fingerprint density at radius 1 is 1.41 bits per heavy atom. The maximum Gasteiger partial charge on any atom is 0.324 e. The Morgan fingerprint density at radius 2 is 2.24 bits per heavy atom. The summed E-state index contributed by atoms with van der Waals surface area (Å²) >= 11 is 0. The summed E-state index contributed by atoms with van der Waals surface area (Å²) in [6, 6.07) is -0.268. The van der Waals surface area contributed by atoms with Crippen LogP contribution >= 0.6 is 0 Å². The fourth-order valence-corrected chi connectivity index (χ4v) is 2.15.